The summed E-state index contributed by atoms with van der Waals surface area (Å²) in [6.45, 7) is 0.481. The van der Waals surface area contributed by atoms with E-state index in [1.165, 1.54) is 0 Å². The molecule has 116 valence electrons. The zero-order valence-corrected chi connectivity index (χ0v) is 19.8. The standard InChI is InChI=1S/B12Cl11H3/c13-3-1-2-4(14)5(15)6(16)7(17)8(18)9(19)10(20)11(21)12(22)23/h1-3H. The van der Waals surface area contributed by atoms with Gasteiger partial charge >= 0.3 is 5.43 Å². The predicted molar refractivity (Wildman–Crippen MR) is 138 cm³/mol. The fourth-order valence-electron chi connectivity index (χ4n) is 1.65. The maximum atomic E-state index is 6.29. The summed E-state index contributed by atoms with van der Waals surface area (Å²) in [5.41, 5.74) is -0.909. The lowest BCUT2D eigenvalue weighted by atomic mass is 8.84. The van der Waals surface area contributed by atoms with Gasteiger partial charge in [-0.05, 0) is 0 Å². The third-order valence-corrected chi connectivity index (χ3v) is 9.30. The first-order chi connectivity index (χ1) is 10.6. The van der Waals surface area contributed by atoms with Crippen LogP contribution in [0.15, 0.2) is 0 Å². The maximum Gasteiger partial charge on any atom is 0.329 e. The van der Waals surface area contributed by atoms with Gasteiger partial charge in [0.1, 0.15) is 0 Å². The molecule has 0 aromatic carbocycles. The Hall–Kier alpha value is 3.97. The van der Waals surface area contributed by atoms with Crippen molar-refractivity contribution in [1.82, 2.24) is 0 Å². The molecule has 0 aliphatic heterocycles. The first kappa shape index (κ1) is 27.0. The number of rotatable bonds is 11. The van der Waals surface area contributed by atoms with Gasteiger partial charge in [-0.2, -0.15) is 22.9 Å². The molecule has 23 heteroatoms. The fraction of sp³-hybridized carbons (Fsp3) is 0. The van der Waals surface area contributed by atoms with Crippen molar-refractivity contribution in [2.45, 2.75) is 0 Å². The molecule has 0 aromatic rings. The number of hydrogen-bond acceptors (Lipinski definition) is 0. The molecule has 23 heavy (non-hydrogen) atoms. The fourth-order valence-corrected chi connectivity index (χ4v) is 5.04. The number of halogens is 11. The molecule has 0 nitrogen and oxygen atoms in total. The third kappa shape index (κ3) is 9.34. The first-order valence-corrected chi connectivity index (χ1v) is 11.4. The van der Waals surface area contributed by atoms with Crippen molar-refractivity contribution in [1.29, 1.82) is 0 Å². The molecular weight excluding hydrogens is 520 g/mol. The topological polar surface area (TPSA) is 0 Å². The Morgan fingerprint density at radius 1 is 0.478 bits per heavy atom. The molecule has 0 atom stereocenters. The van der Waals surface area contributed by atoms with Gasteiger partial charge in [-0.25, -0.2) is 103 Å². The summed E-state index contributed by atoms with van der Waals surface area (Å²) in [6, 6.07) is 0. The average molecular weight is 523 g/mol. The summed E-state index contributed by atoms with van der Waals surface area (Å²) in [4.78, 5) is 0. The zero-order chi connectivity index (χ0) is 18.3. The second-order valence-electron chi connectivity index (χ2n) is 4.79. The molecule has 0 N–H and O–H groups in total. The Balaban J connectivity index is 4.75. The predicted octanol–water partition coefficient (Wildman–Crippen LogP) is 2.21. The van der Waals surface area contributed by atoms with Gasteiger partial charge in [-0.15, -0.1) is 0 Å². The molecule has 0 aliphatic rings. The van der Waals surface area contributed by atoms with Crippen molar-refractivity contribution in [3.63, 3.8) is 0 Å². The maximum absolute atomic E-state index is 6.29. The van der Waals surface area contributed by atoms with Crippen molar-refractivity contribution in [3.8, 4) is 0 Å². The smallest absolute Gasteiger partial charge is 0.216 e. The van der Waals surface area contributed by atoms with E-state index in [1.807, 2.05) is 0 Å². The van der Waals surface area contributed by atoms with Gasteiger partial charge in [-0.3, -0.25) is 0 Å². The minimum Gasteiger partial charge on any atom is -0.216 e. The van der Waals surface area contributed by atoms with E-state index < -0.39 is 52.7 Å². The van der Waals surface area contributed by atoms with Gasteiger partial charge in [-0.1, -0.05) is 0 Å². The van der Waals surface area contributed by atoms with Crippen LogP contribution in [0.2, 0.25) is 0 Å². The Labute approximate surface area is 197 Å². The van der Waals surface area contributed by atoms with Crippen molar-refractivity contribution >= 4 is 199 Å². The van der Waals surface area contributed by atoms with Crippen LogP contribution in [-0.2, 0) is 0 Å². The van der Waals surface area contributed by atoms with Crippen LogP contribution >= 0.6 is 126 Å². The summed E-state index contributed by atoms with van der Waals surface area (Å²) >= 11 is 66.7. The molecule has 0 aliphatic carbocycles. The van der Waals surface area contributed by atoms with Crippen molar-refractivity contribution in [2.24, 2.45) is 0 Å². The van der Waals surface area contributed by atoms with Crippen LogP contribution in [0.1, 0.15) is 0 Å². The summed E-state index contributed by atoms with van der Waals surface area (Å²) in [5, 5.41) is 0. The minimum absolute atomic E-state index is 0.403. The highest BCUT2D eigenvalue weighted by Gasteiger charge is 2.53. The molecule has 0 unspecified atom stereocenters. The lowest BCUT2D eigenvalue weighted by Gasteiger charge is -2.21. The van der Waals surface area contributed by atoms with E-state index in [0.29, 0.717) is 20.7 Å². The van der Waals surface area contributed by atoms with E-state index in [-0.39, 0.29) is 0 Å². The Morgan fingerprint density at radius 2 is 0.826 bits per heavy atom. The van der Waals surface area contributed by atoms with E-state index in [2.05, 4.69) is 0 Å². The quantitative estimate of drug-likeness (QED) is 0.365. The normalized spacial score (nSPS) is 9.52. The molecule has 0 bridgehead atoms. The van der Waals surface area contributed by atoms with Gasteiger partial charge in [0.15, 0.2) is 12.5 Å². The summed E-state index contributed by atoms with van der Waals surface area (Å²) in [6.07, 6.45) is 0. The van der Waals surface area contributed by atoms with E-state index in [1.54, 1.807) is 0 Å². The highest BCUT2D eigenvalue weighted by Crippen LogP contribution is 2.23. The molecule has 0 fully saturated rings. The molecule has 0 heterocycles. The zero-order valence-electron chi connectivity index (χ0n) is 11.5. The van der Waals surface area contributed by atoms with Crippen LogP contribution in [0.4, 0.5) is 0 Å². The van der Waals surface area contributed by atoms with Crippen molar-refractivity contribution < 1.29 is 0 Å². The Morgan fingerprint density at radius 3 is 1.17 bits per heavy atom. The van der Waals surface area contributed by atoms with Crippen LogP contribution in [0.3, 0.4) is 0 Å². The van der Waals surface area contributed by atoms with E-state index >= 15 is 0 Å². The first-order valence-electron chi connectivity index (χ1n) is 6.52. The SMILES string of the molecule is ClBBBB(Cl)B(Cl)B(Cl)B(Cl)B(Cl)B(Cl)B(Cl)B(Cl)B(Cl)Cl. The summed E-state index contributed by atoms with van der Waals surface area (Å²) in [7, 11) is 1.31. The minimum atomic E-state index is -0.909. The lowest BCUT2D eigenvalue weighted by Crippen LogP contribution is -2.61. The third-order valence-electron chi connectivity index (χ3n) is 3.03. The molecule has 0 rings (SSSR count). The van der Waals surface area contributed by atoms with E-state index in [9.17, 15) is 0 Å². The molecule has 0 saturated heterocycles. The molecule has 0 amide bonds. The lowest BCUT2D eigenvalue weighted by molar-refractivity contribution is 3.42. The molecule has 0 saturated carbocycles. The van der Waals surface area contributed by atoms with Gasteiger partial charge in [0.2, 0.25) is 41.4 Å². The molecule has 0 spiro atoms. The van der Waals surface area contributed by atoms with Crippen LogP contribution in [-0.4, -0.2) is 73.4 Å². The number of hydrogen-bond donors (Lipinski definition) is 0. The van der Waals surface area contributed by atoms with Gasteiger partial charge in [0.25, 0.3) is 0 Å². The largest absolute Gasteiger partial charge is 0.329 e. The highest BCUT2D eigenvalue weighted by molar-refractivity contribution is 8.14. The average Bonchev–Trinajstić information content (AvgIpc) is 2.54. The van der Waals surface area contributed by atoms with Gasteiger partial charge < -0.3 is 0 Å². The Kier molecular flexibility index (Phi) is 16.5. The molecule has 0 radical (unpaired) electrons. The molecular formula is H3B12Cl11. The highest BCUT2D eigenvalue weighted by atomic mass is 35.5. The van der Waals surface area contributed by atoms with E-state index in [4.69, 9.17) is 126 Å². The van der Waals surface area contributed by atoms with Crippen LogP contribution < -0.4 is 0 Å². The monoisotopic (exact) mass is 520 g/mol. The Bertz CT molecular complexity index is 315. The van der Waals surface area contributed by atoms with Crippen molar-refractivity contribution in [2.75, 3.05) is 0 Å². The van der Waals surface area contributed by atoms with Crippen LogP contribution in [0.25, 0.3) is 0 Å². The van der Waals surface area contributed by atoms with E-state index in [0.717, 1.165) is 0 Å². The second kappa shape index (κ2) is 14.0. The van der Waals surface area contributed by atoms with Crippen molar-refractivity contribution in [3.05, 3.63) is 0 Å². The van der Waals surface area contributed by atoms with Gasteiger partial charge in [0, 0.05) is 0 Å². The van der Waals surface area contributed by atoms with Gasteiger partial charge in [0.05, 0.1) is 14.1 Å². The van der Waals surface area contributed by atoms with Crippen LogP contribution in [0, 0.1) is 0 Å². The van der Waals surface area contributed by atoms with Crippen LogP contribution in [0.5, 0.6) is 0 Å². The summed E-state index contributed by atoms with van der Waals surface area (Å²) in [5.74, 6) is -5.83. The molecule has 0 aromatic heterocycles. The summed E-state index contributed by atoms with van der Waals surface area (Å²) < 4.78 is 0. The second-order valence-corrected chi connectivity index (χ2v) is 10.4.